The van der Waals surface area contributed by atoms with Gasteiger partial charge < -0.3 is 20.3 Å². The van der Waals surface area contributed by atoms with Crippen molar-refractivity contribution in [3.8, 4) is 5.75 Å². The van der Waals surface area contributed by atoms with Crippen LogP contribution in [0.3, 0.4) is 0 Å². The molecule has 1 aliphatic rings. The summed E-state index contributed by atoms with van der Waals surface area (Å²) in [5, 5.41) is 6.38. The molecular weight excluding hydrogens is 388 g/mol. The lowest BCUT2D eigenvalue weighted by Gasteiger charge is -2.21. The Bertz CT molecular complexity index is 862. The van der Waals surface area contributed by atoms with E-state index in [1.54, 1.807) is 19.2 Å². The molecule has 1 atom stereocenters. The molecule has 0 aromatic heterocycles. The molecule has 0 saturated carbocycles. The summed E-state index contributed by atoms with van der Waals surface area (Å²) in [5.74, 6) is -0.557. The highest BCUT2D eigenvalue weighted by Crippen LogP contribution is 2.24. The standard InChI is InChI=1S/C20H22F4N4O/c1-25-20(26-11-13-3-2-4-16(9-13)29-19(23)24)27-15-7-8-28(12-15)18-6-5-14(21)10-17(18)22/h2-6,9-10,15,19H,7-8,11-12H2,1H3,(H2,25,26,27). The number of nitrogens with one attached hydrogen (secondary N) is 2. The topological polar surface area (TPSA) is 48.9 Å². The molecule has 1 aliphatic heterocycles. The van der Waals surface area contributed by atoms with Gasteiger partial charge in [-0.2, -0.15) is 8.78 Å². The van der Waals surface area contributed by atoms with Crippen LogP contribution in [0.4, 0.5) is 23.2 Å². The van der Waals surface area contributed by atoms with E-state index in [1.165, 1.54) is 24.3 Å². The quantitative estimate of drug-likeness (QED) is 0.435. The van der Waals surface area contributed by atoms with Crippen LogP contribution in [0.1, 0.15) is 12.0 Å². The molecule has 1 saturated heterocycles. The van der Waals surface area contributed by atoms with Crippen LogP contribution >= 0.6 is 0 Å². The number of hydrogen-bond donors (Lipinski definition) is 2. The minimum Gasteiger partial charge on any atom is -0.435 e. The molecule has 0 amide bonds. The maximum absolute atomic E-state index is 14.0. The largest absolute Gasteiger partial charge is 0.435 e. The molecular formula is C20H22F4N4O. The van der Waals surface area contributed by atoms with Crippen LogP contribution in [0, 0.1) is 11.6 Å². The van der Waals surface area contributed by atoms with Gasteiger partial charge in [-0.25, -0.2) is 8.78 Å². The molecule has 5 nitrogen and oxygen atoms in total. The summed E-state index contributed by atoms with van der Waals surface area (Å²) in [5.41, 5.74) is 1.13. The Morgan fingerprint density at radius 2 is 2.07 bits per heavy atom. The third-order valence-electron chi connectivity index (χ3n) is 4.59. The van der Waals surface area contributed by atoms with Crippen molar-refractivity contribution in [3.63, 3.8) is 0 Å². The summed E-state index contributed by atoms with van der Waals surface area (Å²) >= 11 is 0. The fourth-order valence-electron chi connectivity index (χ4n) is 3.24. The van der Waals surface area contributed by atoms with Gasteiger partial charge in [-0.05, 0) is 36.2 Å². The van der Waals surface area contributed by atoms with Crippen molar-refractivity contribution in [3.05, 3.63) is 59.7 Å². The minimum atomic E-state index is -2.87. The molecule has 0 aliphatic carbocycles. The van der Waals surface area contributed by atoms with E-state index in [2.05, 4.69) is 20.4 Å². The summed E-state index contributed by atoms with van der Waals surface area (Å²) in [4.78, 5) is 6.02. The summed E-state index contributed by atoms with van der Waals surface area (Å²) in [6.45, 7) is -1.34. The molecule has 0 spiro atoms. The van der Waals surface area contributed by atoms with Gasteiger partial charge in [0.25, 0.3) is 0 Å². The van der Waals surface area contributed by atoms with Crippen molar-refractivity contribution in [2.75, 3.05) is 25.0 Å². The molecule has 29 heavy (non-hydrogen) atoms. The number of aliphatic imine (C=N–C) groups is 1. The minimum absolute atomic E-state index is 0.0270. The number of nitrogens with zero attached hydrogens (tertiary/aromatic N) is 2. The second kappa shape index (κ2) is 9.49. The van der Waals surface area contributed by atoms with E-state index in [9.17, 15) is 17.6 Å². The average molecular weight is 410 g/mol. The third-order valence-corrected chi connectivity index (χ3v) is 4.59. The Balaban J connectivity index is 1.53. The van der Waals surface area contributed by atoms with E-state index in [1.807, 2.05) is 4.90 Å². The SMILES string of the molecule is CN=C(NCc1cccc(OC(F)F)c1)NC1CCN(c2ccc(F)cc2F)C1. The number of benzene rings is 2. The van der Waals surface area contributed by atoms with Gasteiger partial charge in [0.05, 0.1) is 5.69 Å². The smallest absolute Gasteiger partial charge is 0.387 e. The summed E-state index contributed by atoms with van der Waals surface area (Å²) in [6, 6.07) is 10.00. The molecule has 3 rings (SSSR count). The maximum atomic E-state index is 14.0. The molecule has 1 unspecified atom stereocenters. The number of rotatable bonds is 6. The summed E-state index contributed by atoms with van der Waals surface area (Å²) in [7, 11) is 1.62. The zero-order chi connectivity index (χ0) is 20.8. The molecule has 1 fully saturated rings. The van der Waals surface area contributed by atoms with Crippen molar-refractivity contribution in [1.82, 2.24) is 10.6 Å². The van der Waals surface area contributed by atoms with Crippen LogP contribution in [0.25, 0.3) is 0 Å². The van der Waals surface area contributed by atoms with Gasteiger partial charge in [-0.1, -0.05) is 12.1 Å². The predicted octanol–water partition coefficient (Wildman–Crippen LogP) is 3.51. The van der Waals surface area contributed by atoms with Gasteiger partial charge in [0.2, 0.25) is 0 Å². The van der Waals surface area contributed by atoms with Gasteiger partial charge >= 0.3 is 6.61 Å². The van der Waals surface area contributed by atoms with Gasteiger partial charge in [0, 0.05) is 38.8 Å². The number of hydrogen-bond acceptors (Lipinski definition) is 3. The zero-order valence-electron chi connectivity index (χ0n) is 15.8. The van der Waals surface area contributed by atoms with Crippen LogP contribution in [0.2, 0.25) is 0 Å². The second-order valence-corrected chi connectivity index (χ2v) is 6.62. The lowest BCUT2D eigenvalue weighted by atomic mass is 10.2. The van der Waals surface area contributed by atoms with Gasteiger partial charge in [-0.15, -0.1) is 0 Å². The van der Waals surface area contributed by atoms with Crippen LogP contribution in [-0.4, -0.2) is 38.8 Å². The molecule has 0 radical (unpaired) electrons. The normalized spacial score (nSPS) is 17.0. The van der Waals surface area contributed by atoms with E-state index in [4.69, 9.17) is 0 Å². The van der Waals surface area contributed by atoms with E-state index in [0.29, 0.717) is 31.3 Å². The Morgan fingerprint density at radius 1 is 1.24 bits per heavy atom. The molecule has 2 aromatic carbocycles. The van der Waals surface area contributed by atoms with Crippen LogP contribution in [-0.2, 0) is 6.54 Å². The van der Waals surface area contributed by atoms with Crippen molar-refractivity contribution in [2.24, 2.45) is 4.99 Å². The highest BCUT2D eigenvalue weighted by molar-refractivity contribution is 5.80. The van der Waals surface area contributed by atoms with Crippen molar-refractivity contribution in [1.29, 1.82) is 0 Å². The first-order valence-corrected chi connectivity index (χ1v) is 9.15. The lowest BCUT2D eigenvalue weighted by Crippen LogP contribution is -2.44. The number of alkyl halides is 2. The molecule has 2 aromatic rings. The lowest BCUT2D eigenvalue weighted by molar-refractivity contribution is -0.0498. The van der Waals surface area contributed by atoms with Gasteiger partial charge in [0.1, 0.15) is 17.4 Å². The highest BCUT2D eigenvalue weighted by atomic mass is 19.3. The van der Waals surface area contributed by atoms with Crippen molar-refractivity contribution < 1.29 is 22.3 Å². The number of anilines is 1. The number of halogens is 4. The molecule has 1 heterocycles. The molecule has 0 bridgehead atoms. The fraction of sp³-hybridized carbons (Fsp3) is 0.350. The van der Waals surface area contributed by atoms with E-state index in [-0.39, 0.29) is 11.8 Å². The van der Waals surface area contributed by atoms with Crippen molar-refractivity contribution >= 4 is 11.6 Å². The van der Waals surface area contributed by atoms with Crippen molar-refractivity contribution in [2.45, 2.75) is 25.6 Å². The predicted molar refractivity (Wildman–Crippen MR) is 103 cm³/mol. The Hall–Kier alpha value is -2.97. The Kier molecular flexibility index (Phi) is 6.79. The number of guanidine groups is 1. The fourth-order valence-corrected chi connectivity index (χ4v) is 3.24. The maximum Gasteiger partial charge on any atom is 0.387 e. The van der Waals surface area contributed by atoms with Gasteiger partial charge in [-0.3, -0.25) is 4.99 Å². The van der Waals surface area contributed by atoms with Gasteiger partial charge in [0.15, 0.2) is 5.96 Å². The second-order valence-electron chi connectivity index (χ2n) is 6.62. The van der Waals surface area contributed by atoms with Crippen LogP contribution in [0.5, 0.6) is 5.75 Å². The zero-order valence-corrected chi connectivity index (χ0v) is 15.8. The summed E-state index contributed by atoms with van der Waals surface area (Å²) in [6.07, 6.45) is 0.759. The monoisotopic (exact) mass is 410 g/mol. The van der Waals surface area contributed by atoms with E-state index < -0.39 is 18.2 Å². The van der Waals surface area contributed by atoms with Crippen LogP contribution in [0.15, 0.2) is 47.5 Å². The van der Waals surface area contributed by atoms with E-state index in [0.717, 1.165) is 18.1 Å². The molecule has 9 heteroatoms. The summed E-state index contributed by atoms with van der Waals surface area (Å²) < 4.78 is 56.2. The Labute approximate surface area is 166 Å². The van der Waals surface area contributed by atoms with Crippen LogP contribution < -0.4 is 20.3 Å². The average Bonchev–Trinajstić information content (AvgIpc) is 3.13. The Morgan fingerprint density at radius 3 is 2.79 bits per heavy atom. The number of ether oxygens (including phenoxy) is 1. The molecule has 2 N–H and O–H groups in total. The first-order valence-electron chi connectivity index (χ1n) is 9.15. The van der Waals surface area contributed by atoms with E-state index >= 15 is 0 Å². The molecule has 156 valence electrons. The highest BCUT2D eigenvalue weighted by Gasteiger charge is 2.25. The first kappa shape index (κ1) is 20.8. The first-order chi connectivity index (χ1) is 13.9. The third kappa shape index (κ3) is 5.75.